The number of piperazine rings is 1. The van der Waals surface area contributed by atoms with Crippen LogP contribution in [0.15, 0.2) is 53.8 Å². The van der Waals surface area contributed by atoms with Crippen LogP contribution in [0.5, 0.6) is 0 Å². The monoisotopic (exact) mass is 323 g/mol. The van der Waals surface area contributed by atoms with Gasteiger partial charge in [0.25, 0.3) is 0 Å². The van der Waals surface area contributed by atoms with Crippen molar-refractivity contribution in [1.82, 2.24) is 15.3 Å². The maximum atomic E-state index is 12.2. The maximum absolute atomic E-state index is 12.2. The number of aryl methyl sites for hydroxylation is 1. The molecule has 1 aliphatic rings. The van der Waals surface area contributed by atoms with E-state index >= 15 is 0 Å². The Morgan fingerprint density at radius 2 is 1.88 bits per heavy atom. The summed E-state index contributed by atoms with van der Waals surface area (Å²) in [6, 6.07) is 13.7. The van der Waals surface area contributed by atoms with Gasteiger partial charge in [0.15, 0.2) is 0 Å². The molecule has 1 aromatic heterocycles. The van der Waals surface area contributed by atoms with Crippen molar-refractivity contribution in [3.05, 3.63) is 59.8 Å². The number of hydrazone groups is 1. The van der Waals surface area contributed by atoms with Crippen LogP contribution in [0, 0.1) is 6.92 Å². The first-order valence-electron chi connectivity index (χ1n) is 8.03. The molecule has 124 valence electrons. The predicted octanol–water partition coefficient (Wildman–Crippen LogP) is 2.26. The molecule has 0 aliphatic carbocycles. The average molecular weight is 323 g/mol. The van der Waals surface area contributed by atoms with Gasteiger partial charge >= 0.3 is 6.03 Å². The van der Waals surface area contributed by atoms with E-state index in [0.29, 0.717) is 13.1 Å². The fourth-order valence-corrected chi connectivity index (χ4v) is 2.56. The first-order chi connectivity index (χ1) is 11.7. The van der Waals surface area contributed by atoms with Crippen LogP contribution in [0.25, 0.3) is 0 Å². The molecule has 1 aliphatic heterocycles. The molecule has 0 spiro atoms. The summed E-state index contributed by atoms with van der Waals surface area (Å²) < 4.78 is 0. The van der Waals surface area contributed by atoms with Crippen LogP contribution in [0.1, 0.15) is 11.1 Å². The predicted molar refractivity (Wildman–Crippen MR) is 95.3 cm³/mol. The summed E-state index contributed by atoms with van der Waals surface area (Å²) in [6.45, 7) is 4.89. The van der Waals surface area contributed by atoms with Crippen molar-refractivity contribution in [2.45, 2.75) is 6.92 Å². The molecule has 0 atom stereocenters. The van der Waals surface area contributed by atoms with Gasteiger partial charge in [-0.1, -0.05) is 35.9 Å². The molecule has 3 rings (SSSR count). The van der Waals surface area contributed by atoms with E-state index in [9.17, 15) is 4.79 Å². The number of hydrogen-bond donors (Lipinski definition) is 1. The lowest BCUT2D eigenvalue weighted by Gasteiger charge is -2.34. The largest absolute Gasteiger partial charge is 0.353 e. The topological polar surface area (TPSA) is 60.8 Å². The number of amides is 2. The Morgan fingerprint density at radius 3 is 2.54 bits per heavy atom. The standard InChI is InChI=1S/C18H21N5O/c1-15-5-7-16(8-6-15)14-20-21-18(24)23-12-10-22(11-13-23)17-4-2-3-9-19-17/h2-9,14H,10-13H2,1H3,(H,21,24)/b20-14+. The minimum Gasteiger partial charge on any atom is -0.353 e. The molecule has 24 heavy (non-hydrogen) atoms. The summed E-state index contributed by atoms with van der Waals surface area (Å²) >= 11 is 0. The van der Waals surface area contributed by atoms with Gasteiger partial charge < -0.3 is 9.80 Å². The molecule has 2 heterocycles. The molecule has 6 nitrogen and oxygen atoms in total. The molecule has 1 saturated heterocycles. The van der Waals surface area contributed by atoms with Crippen LogP contribution >= 0.6 is 0 Å². The van der Waals surface area contributed by atoms with Crippen molar-refractivity contribution in [1.29, 1.82) is 0 Å². The van der Waals surface area contributed by atoms with Gasteiger partial charge in [-0.15, -0.1) is 0 Å². The Morgan fingerprint density at radius 1 is 1.12 bits per heavy atom. The van der Waals surface area contributed by atoms with E-state index < -0.39 is 0 Å². The van der Waals surface area contributed by atoms with E-state index in [1.54, 1.807) is 17.3 Å². The highest BCUT2D eigenvalue weighted by atomic mass is 16.2. The number of benzene rings is 1. The van der Waals surface area contributed by atoms with E-state index in [1.165, 1.54) is 5.56 Å². The Bertz CT molecular complexity index is 691. The fraction of sp³-hybridized carbons (Fsp3) is 0.278. The highest BCUT2D eigenvalue weighted by Crippen LogP contribution is 2.12. The zero-order valence-electron chi connectivity index (χ0n) is 13.7. The normalized spacial score (nSPS) is 14.9. The number of urea groups is 1. The van der Waals surface area contributed by atoms with E-state index in [0.717, 1.165) is 24.5 Å². The lowest BCUT2D eigenvalue weighted by molar-refractivity contribution is 0.195. The van der Waals surface area contributed by atoms with Gasteiger partial charge in [-0.25, -0.2) is 15.2 Å². The van der Waals surface area contributed by atoms with Crippen molar-refractivity contribution in [2.75, 3.05) is 31.1 Å². The summed E-state index contributed by atoms with van der Waals surface area (Å²) in [6.07, 6.45) is 3.44. The maximum Gasteiger partial charge on any atom is 0.337 e. The lowest BCUT2D eigenvalue weighted by atomic mass is 10.2. The van der Waals surface area contributed by atoms with E-state index in [4.69, 9.17) is 0 Å². The number of hydrogen-bond acceptors (Lipinski definition) is 4. The number of aromatic nitrogens is 1. The van der Waals surface area contributed by atoms with Gasteiger partial charge in [-0.05, 0) is 24.6 Å². The summed E-state index contributed by atoms with van der Waals surface area (Å²) in [5.74, 6) is 0.954. The lowest BCUT2D eigenvalue weighted by Crippen LogP contribution is -2.51. The Kier molecular flexibility index (Phi) is 5.05. The van der Waals surface area contributed by atoms with Crippen molar-refractivity contribution < 1.29 is 4.79 Å². The second-order valence-corrected chi connectivity index (χ2v) is 5.75. The number of carbonyl (C=O) groups is 1. The molecule has 0 bridgehead atoms. The SMILES string of the molecule is Cc1ccc(/C=N/NC(=O)N2CCN(c3ccccn3)CC2)cc1. The minimum atomic E-state index is -0.168. The highest BCUT2D eigenvalue weighted by molar-refractivity contribution is 5.82. The van der Waals surface area contributed by atoms with Crippen LogP contribution in [0.2, 0.25) is 0 Å². The molecule has 6 heteroatoms. The Labute approximate surface area is 141 Å². The van der Waals surface area contributed by atoms with Gasteiger partial charge in [0.05, 0.1) is 6.21 Å². The van der Waals surface area contributed by atoms with E-state index in [1.807, 2.05) is 49.4 Å². The van der Waals surface area contributed by atoms with Gasteiger partial charge in [-0.3, -0.25) is 0 Å². The number of carbonyl (C=O) groups excluding carboxylic acids is 1. The third-order valence-corrected chi connectivity index (χ3v) is 3.99. The van der Waals surface area contributed by atoms with Crippen LogP contribution in [0.4, 0.5) is 10.6 Å². The third-order valence-electron chi connectivity index (χ3n) is 3.99. The molecule has 2 amide bonds. The second-order valence-electron chi connectivity index (χ2n) is 5.75. The fourth-order valence-electron chi connectivity index (χ4n) is 2.56. The molecule has 0 saturated carbocycles. The van der Waals surface area contributed by atoms with Crippen molar-refractivity contribution in [2.24, 2.45) is 5.10 Å². The number of nitrogens with one attached hydrogen (secondary N) is 1. The van der Waals surface area contributed by atoms with Crippen LogP contribution < -0.4 is 10.3 Å². The molecular formula is C18H21N5O. The van der Waals surface area contributed by atoms with Crippen molar-refractivity contribution in [3.63, 3.8) is 0 Å². The summed E-state index contributed by atoms with van der Waals surface area (Å²) in [7, 11) is 0. The zero-order valence-corrected chi connectivity index (χ0v) is 13.7. The Hall–Kier alpha value is -2.89. The molecule has 1 N–H and O–H groups in total. The van der Waals surface area contributed by atoms with Gasteiger partial charge in [0, 0.05) is 32.4 Å². The third kappa shape index (κ3) is 4.10. The molecule has 1 fully saturated rings. The molecule has 0 unspecified atom stereocenters. The van der Waals surface area contributed by atoms with E-state index in [-0.39, 0.29) is 6.03 Å². The summed E-state index contributed by atoms with van der Waals surface area (Å²) in [4.78, 5) is 20.4. The summed E-state index contributed by atoms with van der Waals surface area (Å²) in [5, 5.41) is 4.03. The molecule has 1 aromatic carbocycles. The Balaban J connectivity index is 1.47. The minimum absolute atomic E-state index is 0.168. The van der Waals surface area contributed by atoms with E-state index in [2.05, 4.69) is 20.4 Å². The number of pyridine rings is 1. The van der Waals surface area contributed by atoms with Crippen LogP contribution in [-0.4, -0.2) is 48.3 Å². The number of anilines is 1. The van der Waals surface area contributed by atoms with Crippen molar-refractivity contribution in [3.8, 4) is 0 Å². The van der Waals surface area contributed by atoms with Crippen LogP contribution in [-0.2, 0) is 0 Å². The molecule has 2 aromatic rings. The smallest absolute Gasteiger partial charge is 0.337 e. The second kappa shape index (κ2) is 7.59. The summed E-state index contributed by atoms with van der Waals surface area (Å²) in [5.41, 5.74) is 4.75. The first kappa shape index (κ1) is 16.0. The first-order valence-corrected chi connectivity index (χ1v) is 8.03. The molecule has 0 radical (unpaired) electrons. The average Bonchev–Trinajstić information content (AvgIpc) is 2.64. The quantitative estimate of drug-likeness (QED) is 0.696. The van der Waals surface area contributed by atoms with Crippen molar-refractivity contribution >= 4 is 18.1 Å². The van der Waals surface area contributed by atoms with Crippen LogP contribution in [0.3, 0.4) is 0 Å². The molecular weight excluding hydrogens is 302 g/mol. The van der Waals surface area contributed by atoms with Gasteiger partial charge in [-0.2, -0.15) is 5.10 Å². The highest BCUT2D eigenvalue weighted by Gasteiger charge is 2.21. The van der Waals surface area contributed by atoms with Gasteiger partial charge in [0.2, 0.25) is 0 Å². The van der Waals surface area contributed by atoms with Gasteiger partial charge in [0.1, 0.15) is 5.82 Å². The number of rotatable bonds is 3. The zero-order chi connectivity index (χ0) is 16.8. The number of nitrogens with zero attached hydrogens (tertiary/aromatic N) is 4.